The number of carbonyl (C=O) groups excluding carboxylic acids is 1. The van der Waals surface area contributed by atoms with E-state index in [1.54, 1.807) is 31.6 Å². The van der Waals surface area contributed by atoms with Crippen molar-refractivity contribution in [2.45, 2.75) is 13.5 Å². The lowest BCUT2D eigenvalue weighted by Crippen LogP contribution is -2.33. The van der Waals surface area contributed by atoms with Crippen LogP contribution < -0.4 is 10.9 Å². The summed E-state index contributed by atoms with van der Waals surface area (Å²) < 4.78 is 3.28. The van der Waals surface area contributed by atoms with Crippen molar-refractivity contribution in [3.8, 4) is 0 Å². The number of nitrogens with one attached hydrogen (secondary N) is 1. The van der Waals surface area contributed by atoms with E-state index in [-0.39, 0.29) is 11.1 Å². The van der Waals surface area contributed by atoms with Gasteiger partial charge in [0.05, 0.1) is 6.33 Å². The van der Waals surface area contributed by atoms with Gasteiger partial charge in [-0.05, 0) is 19.1 Å². The van der Waals surface area contributed by atoms with Crippen molar-refractivity contribution in [3.05, 3.63) is 64.7 Å². The molecule has 3 aromatic rings. The highest BCUT2D eigenvalue weighted by molar-refractivity contribution is 5.93. The fraction of sp³-hybridized carbons (Fsp3) is 0.200. The zero-order valence-corrected chi connectivity index (χ0v) is 12.1. The van der Waals surface area contributed by atoms with Gasteiger partial charge in [0.15, 0.2) is 0 Å². The smallest absolute Gasteiger partial charge is 0.270 e. The Balaban J connectivity index is 1.80. The van der Waals surface area contributed by atoms with Crippen LogP contribution in [0.3, 0.4) is 0 Å². The molecule has 0 bridgehead atoms. The van der Waals surface area contributed by atoms with Gasteiger partial charge in [-0.15, -0.1) is 0 Å². The molecule has 0 fully saturated rings. The fourth-order valence-electron chi connectivity index (χ4n) is 2.24. The van der Waals surface area contributed by atoms with Crippen LogP contribution in [0.25, 0.3) is 5.65 Å². The Bertz CT molecular complexity index is 867. The van der Waals surface area contributed by atoms with Crippen molar-refractivity contribution in [2.75, 3.05) is 6.54 Å². The van der Waals surface area contributed by atoms with E-state index in [1.165, 1.54) is 10.6 Å². The van der Waals surface area contributed by atoms with Crippen molar-refractivity contribution < 1.29 is 4.79 Å². The van der Waals surface area contributed by atoms with Crippen molar-refractivity contribution in [2.24, 2.45) is 0 Å². The summed E-state index contributed by atoms with van der Waals surface area (Å²) in [5.41, 5.74) is 0.948. The molecule has 0 spiro atoms. The minimum absolute atomic E-state index is 0.0393. The summed E-state index contributed by atoms with van der Waals surface area (Å²) in [5.74, 6) is -0.421. The third kappa shape index (κ3) is 2.60. The van der Waals surface area contributed by atoms with Crippen LogP contribution in [0.2, 0.25) is 0 Å². The molecule has 3 heterocycles. The Morgan fingerprint density at radius 3 is 3.00 bits per heavy atom. The molecule has 3 aromatic heterocycles. The highest BCUT2D eigenvalue weighted by atomic mass is 16.2. The van der Waals surface area contributed by atoms with Crippen LogP contribution in [0.1, 0.15) is 16.1 Å². The van der Waals surface area contributed by atoms with Gasteiger partial charge in [-0.2, -0.15) is 0 Å². The highest BCUT2D eigenvalue weighted by Crippen LogP contribution is 2.02. The molecule has 0 atom stereocenters. The number of imidazole rings is 1. The second kappa shape index (κ2) is 5.80. The number of carbonyl (C=O) groups is 1. The number of aromatic nitrogens is 4. The molecule has 1 amide bonds. The first-order chi connectivity index (χ1) is 10.7. The number of fused-ring (bicyclic) bond motifs is 1. The SMILES string of the molecule is Cc1cccc2ncc(C(=O)NCCn3ccnc3)c(=O)n12. The normalized spacial score (nSPS) is 10.8. The van der Waals surface area contributed by atoms with Gasteiger partial charge in [0, 0.05) is 37.4 Å². The maximum atomic E-state index is 12.4. The number of hydrogen-bond acceptors (Lipinski definition) is 4. The van der Waals surface area contributed by atoms with E-state index in [0.29, 0.717) is 18.7 Å². The van der Waals surface area contributed by atoms with Gasteiger partial charge in [0.2, 0.25) is 0 Å². The molecule has 1 N–H and O–H groups in total. The average molecular weight is 297 g/mol. The Morgan fingerprint density at radius 1 is 1.36 bits per heavy atom. The Kier molecular flexibility index (Phi) is 3.69. The highest BCUT2D eigenvalue weighted by Gasteiger charge is 2.13. The first-order valence-corrected chi connectivity index (χ1v) is 6.88. The third-order valence-electron chi connectivity index (χ3n) is 3.38. The van der Waals surface area contributed by atoms with Gasteiger partial charge in [0.1, 0.15) is 11.2 Å². The number of aryl methyl sites for hydroxylation is 1. The van der Waals surface area contributed by atoms with Crippen molar-refractivity contribution in [3.63, 3.8) is 0 Å². The number of nitrogens with zero attached hydrogens (tertiary/aromatic N) is 4. The fourth-order valence-corrected chi connectivity index (χ4v) is 2.24. The second-order valence-electron chi connectivity index (χ2n) is 4.89. The second-order valence-corrected chi connectivity index (χ2v) is 4.89. The predicted molar refractivity (Wildman–Crippen MR) is 80.8 cm³/mol. The zero-order chi connectivity index (χ0) is 15.5. The average Bonchev–Trinajstić information content (AvgIpc) is 3.01. The minimum atomic E-state index is -0.421. The summed E-state index contributed by atoms with van der Waals surface area (Å²) in [7, 11) is 0. The van der Waals surface area contributed by atoms with Crippen LogP contribution in [0, 0.1) is 6.92 Å². The van der Waals surface area contributed by atoms with Crippen LogP contribution >= 0.6 is 0 Å². The zero-order valence-electron chi connectivity index (χ0n) is 12.1. The molecule has 0 saturated carbocycles. The molecule has 112 valence electrons. The summed E-state index contributed by atoms with van der Waals surface area (Å²) in [6.07, 6.45) is 6.47. The molecular formula is C15H15N5O2. The van der Waals surface area contributed by atoms with E-state index < -0.39 is 5.91 Å². The van der Waals surface area contributed by atoms with Gasteiger partial charge in [-0.3, -0.25) is 14.0 Å². The molecule has 0 aliphatic heterocycles. The van der Waals surface area contributed by atoms with Gasteiger partial charge in [-0.1, -0.05) is 6.07 Å². The molecule has 3 rings (SSSR count). The number of rotatable bonds is 4. The third-order valence-corrected chi connectivity index (χ3v) is 3.38. The first-order valence-electron chi connectivity index (χ1n) is 6.88. The summed E-state index contributed by atoms with van der Waals surface area (Å²) in [5, 5.41) is 2.72. The summed E-state index contributed by atoms with van der Waals surface area (Å²) in [6.45, 7) is 2.80. The van der Waals surface area contributed by atoms with Gasteiger partial charge >= 0.3 is 0 Å². The Labute approximate surface area is 126 Å². The monoisotopic (exact) mass is 297 g/mol. The van der Waals surface area contributed by atoms with E-state index in [2.05, 4.69) is 15.3 Å². The molecule has 7 nitrogen and oxygen atoms in total. The van der Waals surface area contributed by atoms with E-state index in [9.17, 15) is 9.59 Å². The number of hydrogen-bond donors (Lipinski definition) is 1. The van der Waals surface area contributed by atoms with Crippen molar-refractivity contribution in [1.29, 1.82) is 0 Å². The van der Waals surface area contributed by atoms with Crippen molar-refractivity contribution >= 4 is 11.6 Å². The number of amides is 1. The van der Waals surface area contributed by atoms with E-state index >= 15 is 0 Å². The molecular weight excluding hydrogens is 282 g/mol. The molecule has 0 unspecified atom stereocenters. The quantitative estimate of drug-likeness (QED) is 0.766. The van der Waals surface area contributed by atoms with Crippen molar-refractivity contribution in [1.82, 2.24) is 24.3 Å². The van der Waals surface area contributed by atoms with E-state index in [0.717, 1.165) is 5.69 Å². The van der Waals surface area contributed by atoms with Gasteiger partial charge in [0.25, 0.3) is 11.5 Å². The summed E-state index contributed by atoms with van der Waals surface area (Å²) in [4.78, 5) is 32.7. The lowest BCUT2D eigenvalue weighted by Gasteiger charge is -2.08. The molecule has 0 aliphatic carbocycles. The number of pyridine rings is 1. The largest absolute Gasteiger partial charge is 0.350 e. The van der Waals surface area contributed by atoms with E-state index in [1.807, 2.05) is 16.8 Å². The molecule has 22 heavy (non-hydrogen) atoms. The van der Waals surface area contributed by atoms with Crippen LogP contribution in [0.5, 0.6) is 0 Å². The lowest BCUT2D eigenvalue weighted by atomic mass is 10.3. The van der Waals surface area contributed by atoms with Crippen LogP contribution in [0.4, 0.5) is 0 Å². The molecule has 0 saturated heterocycles. The molecule has 0 aliphatic rings. The standard InChI is InChI=1S/C15H15N5O2/c1-11-3-2-4-13-18-9-12(15(22)20(11)13)14(21)17-6-8-19-7-5-16-10-19/h2-5,7,9-10H,6,8H2,1H3,(H,17,21). The van der Waals surface area contributed by atoms with Gasteiger partial charge < -0.3 is 9.88 Å². The first kappa shape index (κ1) is 14.0. The van der Waals surface area contributed by atoms with Crippen LogP contribution in [0.15, 0.2) is 47.9 Å². The summed E-state index contributed by atoms with van der Waals surface area (Å²) in [6, 6.07) is 5.36. The van der Waals surface area contributed by atoms with Gasteiger partial charge in [-0.25, -0.2) is 9.97 Å². The van der Waals surface area contributed by atoms with Crippen LogP contribution in [-0.2, 0) is 6.54 Å². The molecule has 0 radical (unpaired) electrons. The maximum absolute atomic E-state index is 12.4. The predicted octanol–water partition coefficient (Wildman–Crippen LogP) is 0.629. The molecule has 0 aromatic carbocycles. The lowest BCUT2D eigenvalue weighted by molar-refractivity contribution is 0.0950. The summed E-state index contributed by atoms with van der Waals surface area (Å²) >= 11 is 0. The maximum Gasteiger partial charge on any atom is 0.270 e. The van der Waals surface area contributed by atoms with Crippen LogP contribution in [-0.4, -0.2) is 31.4 Å². The van der Waals surface area contributed by atoms with E-state index in [4.69, 9.17) is 0 Å². The molecule has 7 heteroatoms. The minimum Gasteiger partial charge on any atom is -0.350 e. The Morgan fingerprint density at radius 2 is 2.23 bits per heavy atom. The topological polar surface area (TPSA) is 81.3 Å². The Hall–Kier alpha value is -2.96.